The van der Waals surface area contributed by atoms with Crippen molar-refractivity contribution >= 4 is 5.78 Å². The van der Waals surface area contributed by atoms with Crippen molar-refractivity contribution in [1.82, 2.24) is 0 Å². The van der Waals surface area contributed by atoms with Crippen LogP contribution in [0.25, 0.3) is 0 Å². The van der Waals surface area contributed by atoms with Gasteiger partial charge in [0.25, 0.3) is 0 Å². The number of hydrogen-bond acceptors (Lipinski definition) is 6. The average molecular weight is 483 g/mol. The lowest BCUT2D eigenvalue weighted by atomic mass is 9.51. The van der Waals surface area contributed by atoms with Crippen LogP contribution >= 0.6 is 0 Å². The van der Waals surface area contributed by atoms with Crippen LogP contribution in [-0.2, 0) is 23.7 Å². The molecule has 35 heavy (non-hydrogen) atoms. The highest BCUT2D eigenvalue weighted by molar-refractivity contribution is 5.87. The summed E-state index contributed by atoms with van der Waals surface area (Å²) in [7, 11) is 3.35. The van der Waals surface area contributed by atoms with Gasteiger partial charge in [0.15, 0.2) is 12.1 Å². The maximum Gasteiger partial charge on any atom is 0.184 e. The fourth-order valence-corrected chi connectivity index (χ4v) is 8.21. The van der Waals surface area contributed by atoms with Gasteiger partial charge in [0.2, 0.25) is 0 Å². The zero-order valence-corrected chi connectivity index (χ0v) is 21.2. The van der Waals surface area contributed by atoms with Crippen molar-refractivity contribution in [3.05, 3.63) is 46.5 Å². The monoisotopic (exact) mass is 482 g/mol. The smallest absolute Gasteiger partial charge is 0.184 e. The van der Waals surface area contributed by atoms with Gasteiger partial charge in [0, 0.05) is 50.4 Å². The summed E-state index contributed by atoms with van der Waals surface area (Å²) in [6.07, 6.45) is 5.74. The molecule has 0 radical (unpaired) electrons. The van der Waals surface area contributed by atoms with Crippen LogP contribution in [0.4, 0.5) is 0 Å². The third-order valence-corrected chi connectivity index (χ3v) is 10.1. The highest BCUT2D eigenvalue weighted by Gasteiger charge is 2.60. The molecule has 1 N–H and O–H groups in total. The second kappa shape index (κ2) is 8.49. The second-order valence-corrected chi connectivity index (χ2v) is 11.6. The summed E-state index contributed by atoms with van der Waals surface area (Å²) in [5.74, 6) is 0.523. The summed E-state index contributed by atoms with van der Waals surface area (Å²) in [4.78, 5) is 13.2. The number of carbonyl (C=O) groups is 1. The minimum Gasteiger partial charge on any atom is -0.385 e. The van der Waals surface area contributed by atoms with Gasteiger partial charge < -0.3 is 24.1 Å². The molecule has 6 heteroatoms. The quantitative estimate of drug-likeness (QED) is 0.490. The van der Waals surface area contributed by atoms with E-state index in [9.17, 15) is 9.90 Å². The lowest BCUT2D eigenvalue weighted by molar-refractivity contribution is -0.246. The molecule has 3 saturated carbocycles. The van der Waals surface area contributed by atoms with Gasteiger partial charge in [-0.1, -0.05) is 36.8 Å². The van der Waals surface area contributed by atoms with Crippen LogP contribution in [0.2, 0.25) is 0 Å². The Morgan fingerprint density at radius 3 is 2.34 bits per heavy atom. The van der Waals surface area contributed by atoms with E-state index in [0.29, 0.717) is 50.1 Å². The van der Waals surface area contributed by atoms with Gasteiger partial charge in [-0.15, -0.1) is 0 Å². The average Bonchev–Trinajstić information content (AvgIpc) is 3.51. The molecule has 1 aliphatic heterocycles. The van der Waals surface area contributed by atoms with E-state index >= 15 is 0 Å². The number of aliphatic hydroxyl groups is 1. The van der Waals surface area contributed by atoms with Gasteiger partial charge >= 0.3 is 0 Å². The summed E-state index contributed by atoms with van der Waals surface area (Å²) >= 11 is 0. The van der Waals surface area contributed by atoms with E-state index in [1.54, 1.807) is 14.2 Å². The zero-order chi connectivity index (χ0) is 24.4. The third kappa shape index (κ3) is 3.59. The molecule has 1 heterocycles. The van der Waals surface area contributed by atoms with E-state index in [1.807, 2.05) is 0 Å². The number of benzene rings is 1. The van der Waals surface area contributed by atoms with E-state index in [1.165, 1.54) is 16.7 Å². The zero-order valence-electron chi connectivity index (χ0n) is 21.2. The number of ketones is 1. The SMILES string of the molecule is COC1(OC)CCC2=C3[C@@H](CC[C@@]2(O)C1)[C@@H]1CCC(=O)[C@@]1(C)C[C@@H]3c1ccc(C2OCCO2)cc1. The molecule has 190 valence electrons. The van der Waals surface area contributed by atoms with Crippen LogP contribution in [-0.4, -0.2) is 49.7 Å². The molecule has 6 nitrogen and oxygen atoms in total. The number of ether oxygens (including phenoxy) is 4. The van der Waals surface area contributed by atoms with E-state index in [4.69, 9.17) is 18.9 Å². The molecule has 1 saturated heterocycles. The number of rotatable bonds is 4. The van der Waals surface area contributed by atoms with Crippen molar-refractivity contribution in [2.45, 2.75) is 81.9 Å². The third-order valence-electron chi connectivity index (χ3n) is 10.1. The van der Waals surface area contributed by atoms with Crippen LogP contribution in [0.1, 0.15) is 81.6 Å². The fraction of sp³-hybridized carbons (Fsp3) is 0.690. The van der Waals surface area contributed by atoms with E-state index in [0.717, 1.165) is 37.7 Å². The first-order valence-electron chi connectivity index (χ1n) is 13.2. The second-order valence-electron chi connectivity index (χ2n) is 11.6. The Balaban J connectivity index is 1.43. The molecule has 0 spiro atoms. The van der Waals surface area contributed by atoms with Crippen LogP contribution in [0, 0.1) is 17.3 Å². The normalized spacial score (nSPS) is 38.9. The number of Topliss-reactive ketones (excluding diaryl/α,β-unsaturated/α-hetero) is 1. The molecule has 0 aromatic heterocycles. The minimum atomic E-state index is -0.920. The first kappa shape index (κ1) is 23.8. The Bertz CT molecular complexity index is 1020. The molecule has 0 unspecified atom stereocenters. The van der Waals surface area contributed by atoms with Crippen molar-refractivity contribution in [2.75, 3.05) is 27.4 Å². The summed E-state index contributed by atoms with van der Waals surface area (Å²) in [5, 5.41) is 12.0. The van der Waals surface area contributed by atoms with Crippen LogP contribution < -0.4 is 0 Å². The Labute approximate surface area is 208 Å². The van der Waals surface area contributed by atoms with Gasteiger partial charge in [-0.25, -0.2) is 0 Å². The van der Waals surface area contributed by atoms with Crippen LogP contribution in [0.3, 0.4) is 0 Å². The summed E-state index contributed by atoms with van der Waals surface area (Å²) in [6, 6.07) is 8.58. The lowest BCUT2D eigenvalue weighted by Gasteiger charge is -2.55. The van der Waals surface area contributed by atoms with Crippen LogP contribution in [0.15, 0.2) is 35.4 Å². The molecule has 4 fully saturated rings. The van der Waals surface area contributed by atoms with Gasteiger partial charge in [-0.2, -0.15) is 0 Å². The Hall–Kier alpha value is -1.57. The number of hydrogen-bond donors (Lipinski definition) is 1. The van der Waals surface area contributed by atoms with Crippen molar-refractivity contribution in [2.24, 2.45) is 17.3 Å². The number of allylic oxidation sites excluding steroid dienone is 1. The van der Waals surface area contributed by atoms with E-state index in [2.05, 4.69) is 31.2 Å². The summed E-state index contributed by atoms with van der Waals surface area (Å²) in [5.41, 5.74) is 3.63. The van der Waals surface area contributed by atoms with Crippen molar-refractivity contribution in [1.29, 1.82) is 0 Å². The van der Waals surface area contributed by atoms with E-state index < -0.39 is 11.4 Å². The molecule has 5 atom stereocenters. The van der Waals surface area contributed by atoms with Crippen molar-refractivity contribution in [3.8, 4) is 0 Å². The Morgan fingerprint density at radius 2 is 1.66 bits per heavy atom. The molecule has 0 amide bonds. The molecule has 5 aliphatic rings. The van der Waals surface area contributed by atoms with Gasteiger partial charge in [0.1, 0.15) is 5.78 Å². The molecule has 1 aromatic rings. The van der Waals surface area contributed by atoms with Gasteiger partial charge in [-0.3, -0.25) is 4.79 Å². The topological polar surface area (TPSA) is 74.2 Å². The lowest BCUT2D eigenvalue weighted by Crippen LogP contribution is -2.54. The largest absolute Gasteiger partial charge is 0.385 e. The minimum absolute atomic E-state index is 0.127. The van der Waals surface area contributed by atoms with Crippen molar-refractivity contribution in [3.63, 3.8) is 0 Å². The molecular weight excluding hydrogens is 444 g/mol. The van der Waals surface area contributed by atoms with Gasteiger partial charge in [0.05, 0.1) is 18.8 Å². The molecule has 4 aliphatic carbocycles. The first-order chi connectivity index (χ1) is 16.8. The summed E-state index contributed by atoms with van der Waals surface area (Å²) < 4.78 is 22.9. The maximum absolute atomic E-state index is 13.2. The standard InChI is InChI=1S/C29H38O6/c1-27-16-21(18-4-6-19(7-5-18)26-34-14-15-35-26)25-20(22(27)8-9-24(27)30)10-12-28(31)17-29(32-2,33-3)13-11-23(25)28/h4-7,20-22,26,31H,8-17H2,1-3H3/t20-,21+,22-,27-,28+/m0/s1. The Kier molecular flexibility index (Phi) is 5.77. The number of methoxy groups -OCH3 is 2. The van der Waals surface area contributed by atoms with Crippen molar-refractivity contribution < 1.29 is 28.8 Å². The predicted molar refractivity (Wildman–Crippen MR) is 130 cm³/mol. The Morgan fingerprint density at radius 1 is 0.971 bits per heavy atom. The van der Waals surface area contributed by atoms with E-state index in [-0.39, 0.29) is 17.6 Å². The number of carbonyl (C=O) groups excluding carboxylic acids is 1. The molecule has 6 rings (SSSR count). The highest BCUT2D eigenvalue weighted by atomic mass is 16.7. The molecule has 0 bridgehead atoms. The predicted octanol–water partition coefficient (Wildman–Crippen LogP) is 4.82. The molecule has 1 aromatic carbocycles. The van der Waals surface area contributed by atoms with Crippen LogP contribution in [0.5, 0.6) is 0 Å². The summed E-state index contributed by atoms with van der Waals surface area (Å²) in [6.45, 7) is 3.45. The highest BCUT2D eigenvalue weighted by Crippen LogP contribution is 2.64. The molecular formula is C29H38O6. The first-order valence-corrected chi connectivity index (χ1v) is 13.2. The fourth-order valence-electron chi connectivity index (χ4n) is 8.21. The number of fused-ring (bicyclic) bond motifs is 4. The van der Waals surface area contributed by atoms with Gasteiger partial charge in [-0.05, 0) is 55.1 Å². The maximum atomic E-state index is 13.2.